The fourth-order valence-electron chi connectivity index (χ4n) is 2.08. The molecule has 0 aliphatic heterocycles. The number of phenols is 2. The van der Waals surface area contributed by atoms with Crippen LogP contribution in [0.3, 0.4) is 0 Å². The SMILES string of the molecule is COc1cc(/C=C/c2cc(C)c(O)c(C)c2)ccc1O. The molecule has 2 aromatic rings. The van der Waals surface area contributed by atoms with Crippen molar-refractivity contribution in [2.24, 2.45) is 0 Å². The highest BCUT2D eigenvalue weighted by Crippen LogP contribution is 2.28. The van der Waals surface area contributed by atoms with E-state index in [1.807, 2.05) is 44.2 Å². The van der Waals surface area contributed by atoms with Crippen molar-refractivity contribution in [3.8, 4) is 17.2 Å². The maximum Gasteiger partial charge on any atom is 0.161 e. The fourth-order valence-corrected chi connectivity index (χ4v) is 2.08. The van der Waals surface area contributed by atoms with Crippen LogP contribution < -0.4 is 4.74 Å². The van der Waals surface area contributed by atoms with Crippen LogP contribution in [0.5, 0.6) is 17.2 Å². The van der Waals surface area contributed by atoms with Crippen LogP contribution in [0.15, 0.2) is 30.3 Å². The number of aromatic hydroxyl groups is 2. The third-order valence-electron chi connectivity index (χ3n) is 3.19. The Balaban J connectivity index is 2.30. The van der Waals surface area contributed by atoms with Crippen molar-refractivity contribution < 1.29 is 14.9 Å². The van der Waals surface area contributed by atoms with E-state index in [0.29, 0.717) is 11.5 Å². The van der Waals surface area contributed by atoms with E-state index in [0.717, 1.165) is 22.3 Å². The van der Waals surface area contributed by atoms with Gasteiger partial charge in [-0.2, -0.15) is 0 Å². The molecule has 0 saturated heterocycles. The van der Waals surface area contributed by atoms with Gasteiger partial charge >= 0.3 is 0 Å². The predicted molar refractivity (Wildman–Crippen MR) is 81.2 cm³/mol. The summed E-state index contributed by atoms with van der Waals surface area (Å²) in [6, 6.07) is 9.04. The second-order valence-corrected chi connectivity index (χ2v) is 4.77. The summed E-state index contributed by atoms with van der Waals surface area (Å²) in [7, 11) is 1.52. The fraction of sp³-hybridized carbons (Fsp3) is 0.176. The quantitative estimate of drug-likeness (QED) is 0.832. The molecule has 20 heavy (non-hydrogen) atoms. The maximum atomic E-state index is 9.75. The third-order valence-corrected chi connectivity index (χ3v) is 3.19. The highest BCUT2D eigenvalue weighted by molar-refractivity contribution is 5.72. The minimum atomic E-state index is 0.126. The standard InChI is InChI=1S/C17H18O3/c1-11-8-14(9-12(2)17(11)19)5-4-13-6-7-15(18)16(10-13)20-3/h4-10,18-19H,1-3H3/b5-4+. The lowest BCUT2D eigenvalue weighted by atomic mass is 10.0. The zero-order chi connectivity index (χ0) is 14.7. The number of hydrogen-bond acceptors (Lipinski definition) is 3. The smallest absolute Gasteiger partial charge is 0.161 e. The summed E-state index contributed by atoms with van der Waals surface area (Å²) in [5.74, 6) is 0.916. The second-order valence-electron chi connectivity index (χ2n) is 4.77. The van der Waals surface area contributed by atoms with E-state index in [4.69, 9.17) is 4.74 Å². The van der Waals surface area contributed by atoms with Crippen LogP contribution in [-0.2, 0) is 0 Å². The first-order valence-electron chi connectivity index (χ1n) is 6.36. The Morgan fingerprint density at radius 1 is 0.900 bits per heavy atom. The monoisotopic (exact) mass is 270 g/mol. The van der Waals surface area contributed by atoms with Crippen molar-refractivity contribution in [1.82, 2.24) is 0 Å². The molecule has 0 amide bonds. The summed E-state index contributed by atoms with van der Waals surface area (Å²) in [6.07, 6.45) is 3.90. The Kier molecular flexibility index (Phi) is 3.99. The van der Waals surface area contributed by atoms with E-state index in [2.05, 4.69) is 0 Å². The summed E-state index contributed by atoms with van der Waals surface area (Å²) in [5, 5.41) is 19.3. The average molecular weight is 270 g/mol. The molecule has 3 heteroatoms. The molecule has 0 spiro atoms. The van der Waals surface area contributed by atoms with Gasteiger partial charge < -0.3 is 14.9 Å². The van der Waals surface area contributed by atoms with Gasteiger partial charge in [0.1, 0.15) is 5.75 Å². The van der Waals surface area contributed by atoms with Crippen molar-refractivity contribution >= 4 is 12.2 Å². The third kappa shape index (κ3) is 2.94. The molecule has 0 fully saturated rings. The Morgan fingerprint density at radius 3 is 2.10 bits per heavy atom. The van der Waals surface area contributed by atoms with Gasteiger partial charge in [-0.05, 0) is 60.4 Å². The van der Waals surface area contributed by atoms with Crippen LogP contribution in [-0.4, -0.2) is 17.3 Å². The number of hydrogen-bond donors (Lipinski definition) is 2. The first-order valence-corrected chi connectivity index (χ1v) is 6.36. The Labute approximate surface area is 118 Å². The predicted octanol–water partition coefficient (Wildman–Crippen LogP) is 3.89. The van der Waals surface area contributed by atoms with Gasteiger partial charge in [0, 0.05) is 0 Å². The number of aryl methyl sites for hydroxylation is 2. The molecule has 0 aliphatic carbocycles. The van der Waals surface area contributed by atoms with Crippen molar-refractivity contribution in [2.45, 2.75) is 13.8 Å². The van der Waals surface area contributed by atoms with Crippen LogP contribution in [0.1, 0.15) is 22.3 Å². The van der Waals surface area contributed by atoms with Gasteiger partial charge in [-0.15, -0.1) is 0 Å². The lowest BCUT2D eigenvalue weighted by molar-refractivity contribution is 0.373. The first kappa shape index (κ1) is 14.0. The lowest BCUT2D eigenvalue weighted by Gasteiger charge is -2.05. The molecule has 0 saturated carbocycles. The summed E-state index contributed by atoms with van der Waals surface area (Å²) >= 11 is 0. The minimum Gasteiger partial charge on any atom is -0.507 e. The molecule has 3 nitrogen and oxygen atoms in total. The number of ether oxygens (including phenoxy) is 1. The van der Waals surface area contributed by atoms with Gasteiger partial charge in [-0.25, -0.2) is 0 Å². The Bertz CT molecular complexity index is 634. The summed E-state index contributed by atoms with van der Waals surface area (Å²) < 4.78 is 5.07. The number of benzene rings is 2. The Hall–Kier alpha value is -2.42. The molecule has 0 aliphatic rings. The highest BCUT2D eigenvalue weighted by Gasteiger charge is 2.02. The largest absolute Gasteiger partial charge is 0.507 e. The molecular weight excluding hydrogens is 252 g/mol. The minimum absolute atomic E-state index is 0.126. The summed E-state index contributed by atoms with van der Waals surface area (Å²) in [6.45, 7) is 3.76. The van der Waals surface area contributed by atoms with E-state index in [9.17, 15) is 10.2 Å². The molecule has 0 heterocycles. The van der Waals surface area contributed by atoms with Crippen LogP contribution in [0.2, 0.25) is 0 Å². The van der Waals surface area contributed by atoms with Crippen LogP contribution >= 0.6 is 0 Å². The van der Waals surface area contributed by atoms with Gasteiger partial charge in [0.15, 0.2) is 11.5 Å². The molecule has 2 N–H and O–H groups in total. The van der Waals surface area contributed by atoms with Crippen molar-refractivity contribution in [3.05, 3.63) is 52.6 Å². The van der Waals surface area contributed by atoms with Crippen molar-refractivity contribution in [3.63, 3.8) is 0 Å². The van der Waals surface area contributed by atoms with Gasteiger partial charge in [-0.3, -0.25) is 0 Å². The number of rotatable bonds is 3. The molecule has 104 valence electrons. The van der Waals surface area contributed by atoms with Crippen molar-refractivity contribution in [2.75, 3.05) is 7.11 Å². The van der Waals surface area contributed by atoms with Gasteiger partial charge in [0.25, 0.3) is 0 Å². The number of phenolic OH excluding ortho intramolecular Hbond substituents is 2. The lowest BCUT2D eigenvalue weighted by Crippen LogP contribution is -1.85. The zero-order valence-corrected chi connectivity index (χ0v) is 11.8. The average Bonchev–Trinajstić information content (AvgIpc) is 2.43. The molecule has 2 rings (SSSR count). The topological polar surface area (TPSA) is 49.7 Å². The van der Waals surface area contributed by atoms with Crippen LogP contribution in [0, 0.1) is 13.8 Å². The molecule has 0 atom stereocenters. The van der Waals surface area contributed by atoms with Crippen molar-refractivity contribution in [1.29, 1.82) is 0 Å². The van der Waals surface area contributed by atoms with E-state index < -0.39 is 0 Å². The van der Waals surface area contributed by atoms with Crippen LogP contribution in [0.4, 0.5) is 0 Å². The zero-order valence-electron chi connectivity index (χ0n) is 11.8. The molecule has 0 radical (unpaired) electrons. The highest BCUT2D eigenvalue weighted by atomic mass is 16.5. The Morgan fingerprint density at radius 2 is 1.50 bits per heavy atom. The molecular formula is C17H18O3. The molecule has 2 aromatic carbocycles. The maximum absolute atomic E-state index is 9.75. The second kappa shape index (κ2) is 5.70. The van der Waals surface area contributed by atoms with E-state index in [1.165, 1.54) is 7.11 Å². The summed E-state index contributed by atoms with van der Waals surface area (Å²) in [4.78, 5) is 0. The van der Waals surface area contributed by atoms with Gasteiger partial charge in [-0.1, -0.05) is 18.2 Å². The van der Waals surface area contributed by atoms with Gasteiger partial charge in [0.05, 0.1) is 7.11 Å². The molecule has 0 unspecified atom stereocenters. The summed E-state index contributed by atoms with van der Waals surface area (Å²) in [5.41, 5.74) is 3.66. The van der Waals surface area contributed by atoms with Crippen LogP contribution in [0.25, 0.3) is 12.2 Å². The number of methoxy groups -OCH3 is 1. The van der Waals surface area contributed by atoms with E-state index in [-0.39, 0.29) is 5.75 Å². The molecule has 0 bridgehead atoms. The first-order chi connectivity index (χ1) is 9.51. The molecule has 0 aromatic heterocycles. The van der Waals surface area contributed by atoms with E-state index >= 15 is 0 Å². The van der Waals surface area contributed by atoms with E-state index in [1.54, 1.807) is 12.1 Å². The normalized spacial score (nSPS) is 10.9. The van der Waals surface area contributed by atoms with Gasteiger partial charge in [0.2, 0.25) is 0 Å².